The Labute approximate surface area is 146 Å². The van der Waals surface area contributed by atoms with E-state index in [9.17, 15) is 14.0 Å². The molecule has 0 fully saturated rings. The minimum Gasteiger partial charge on any atom is -0.324 e. The molecule has 5 heteroatoms. The third-order valence-electron chi connectivity index (χ3n) is 4.23. The Balaban J connectivity index is 2.22. The van der Waals surface area contributed by atoms with Gasteiger partial charge in [-0.3, -0.25) is 9.59 Å². The summed E-state index contributed by atoms with van der Waals surface area (Å²) in [6, 6.07) is 13.1. The Morgan fingerprint density at radius 2 is 1.84 bits per heavy atom. The third kappa shape index (κ3) is 3.40. The van der Waals surface area contributed by atoms with Crippen LogP contribution in [0.1, 0.15) is 37.9 Å². The van der Waals surface area contributed by atoms with E-state index in [-0.39, 0.29) is 18.4 Å². The topological polar surface area (TPSA) is 49.4 Å². The fourth-order valence-electron chi connectivity index (χ4n) is 3.09. The summed E-state index contributed by atoms with van der Waals surface area (Å²) in [4.78, 5) is 26.9. The van der Waals surface area contributed by atoms with Gasteiger partial charge in [0.1, 0.15) is 12.4 Å². The summed E-state index contributed by atoms with van der Waals surface area (Å²) in [6.07, 6.45) is 0. The standard InChI is InChI=1S/C20H21FN2O2/c1-20(2,3)19(25)23-12-17(24)22-16-10-9-14(21)11-15(16)18(23)13-7-5-4-6-8-13/h4-11,18H,12H2,1-3H3,(H,22,24). The van der Waals surface area contributed by atoms with E-state index in [1.54, 1.807) is 6.07 Å². The van der Waals surface area contributed by atoms with Crippen molar-refractivity contribution in [3.8, 4) is 0 Å². The van der Waals surface area contributed by atoms with E-state index >= 15 is 0 Å². The number of anilines is 1. The smallest absolute Gasteiger partial charge is 0.244 e. The molecule has 1 N–H and O–H groups in total. The van der Waals surface area contributed by atoms with Crippen molar-refractivity contribution in [2.75, 3.05) is 11.9 Å². The Kier molecular flexibility index (Phi) is 4.33. The van der Waals surface area contributed by atoms with Gasteiger partial charge in [-0.2, -0.15) is 0 Å². The van der Waals surface area contributed by atoms with Crippen LogP contribution in [0.25, 0.3) is 0 Å². The maximum absolute atomic E-state index is 14.0. The molecule has 0 radical (unpaired) electrons. The molecule has 2 aromatic carbocycles. The monoisotopic (exact) mass is 340 g/mol. The fourth-order valence-corrected chi connectivity index (χ4v) is 3.09. The second-order valence-corrected chi connectivity index (χ2v) is 7.28. The lowest BCUT2D eigenvalue weighted by molar-refractivity contribution is -0.143. The first-order chi connectivity index (χ1) is 11.8. The number of benzene rings is 2. The number of halogens is 1. The number of fused-ring (bicyclic) bond motifs is 1. The van der Waals surface area contributed by atoms with E-state index in [1.807, 2.05) is 51.1 Å². The van der Waals surface area contributed by atoms with Gasteiger partial charge in [0.05, 0.1) is 6.04 Å². The molecule has 0 saturated heterocycles. The molecule has 0 spiro atoms. The Hall–Kier alpha value is -2.69. The molecule has 1 aliphatic heterocycles. The van der Waals surface area contributed by atoms with Crippen molar-refractivity contribution >= 4 is 17.5 Å². The molecule has 1 heterocycles. The van der Waals surface area contributed by atoms with Gasteiger partial charge in [-0.05, 0) is 23.8 Å². The summed E-state index contributed by atoms with van der Waals surface area (Å²) in [6.45, 7) is 5.36. The van der Waals surface area contributed by atoms with Crippen LogP contribution in [0.2, 0.25) is 0 Å². The van der Waals surface area contributed by atoms with Crippen LogP contribution in [-0.4, -0.2) is 23.3 Å². The average Bonchev–Trinajstić information content (AvgIpc) is 2.69. The predicted molar refractivity (Wildman–Crippen MR) is 94.5 cm³/mol. The number of rotatable bonds is 1. The van der Waals surface area contributed by atoms with E-state index in [0.717, 1.165) is 5.56 Å². The van der Waals surface area contributed by atoms with Gasteiger partial charge >= 0.3 is 0 Å². The van der Waals surface area contributed by atoms with Crippen LogP contribution in [0, 0.1) is 11.2 Å². The molecular weight excluding hydrogens is 319 g/mol. The largest absolute Gasteiger partial charge is 0.324 e. The number of hydrogen-bond acceptors (Lipinski definition) is 2. The van der Waals surface area contributed by atoms with E-state index in [0.29, 0.717) is 11.3 Å². The summed E-state index contributed by atoms with van der Waals surface area (Å²) in [5.41, 5.74) is 1.29. The van der Waals surface area contributed by atoms with E-state index < -0.39 is 17.3 Å². The highest BCUT2D eigenvalue weighted by Gasteiger charge is 2.37. The molecule has 25 heavy (non-hydrogen) atoms. The lowest BCUT2D eigenvalue weighted by Crippen LogP contribution is -2.44. The maximum Gasteiger partial charge on any atom is 0.244 e. The first kappa shape index (κ1) is 17.1. The number of carbonyl (C=O) groups excluding carboxylic acids is 2. The molecule has 1 atom stereocenters. The molecule has 0 aromatic heterocycles. The number of hydrogen-bond donors (Lipinski definition) is 1. The van der Waals surface area contributed by atoms with Crippen molar-refractivity contribution in [3.05, 3.63) is 65.5 Å². The van der Waals surface area contributed by atoms with Gasteiger partial charge in [-0.1, -0.05) is 51.1 Å². The van der Waals surface area contributed by atoms with Crippen LogP contribution in [0.4, 0.5) is 10.1 Å². The molecule has 4 nitrogen and oxygen atoms in total. The number of nitrogens with one attached hydrogen (secondary N) is 1. The van der Waals surface area contributed by atoms with Crippen molar-refractivity contribution in [3.63, 3.8) is 0 Å². The number of amides is 2. The van der Waals surface area contributed by atoms with E-state index in [1.165, 1.54) is 17.0 Å². The molecule has 1 unspecified atom stereocenters. The minimum atomic E-state index is -0.662. The molecule has 3 rings (SSSR count). The van der Waals surface area contributed by atoms with Crippen molar-refractivity contribution < 1.29 is 14.0 Å². The van der Waals surface area contributed by atoms with Crippen LogP contribution in [0.5, 0.6) is 0 Å². The van der Waals surface area contributed by atoms with Gasteiger partial charge in [-0.25, -0.2) is 4.39 Å². The van der Waals surface area contributed by atoms with E-state index in [4.69, 9.17) is 0 Å². The molecule has 0 bridgehead atoms. The van der Waals surface area contributed by atoms with Gasteiger partial charge in [0.2, 0.25) is 11.8 Å². The lowest BCUT2D eigenvalue weighted by Gasteiger charge is -2.35. The quantitative estimate of drug-likeness (QED) is 0.860. The van der Waals surface area contributed by atoms with Gasteiger partial charge in [0, 0.05) is 16.7 Å². The summed E-state index contributed by atoms with van der Waals surface area (Å²) >= 11 is 0. The van der Waals surface area contributed by atoms with Gasteiger partial charge in [0.25, 0.3) is 0 Å². The molecule has 0 saturated carbocycles. The highest BCUT2D eigenvalue weighted by atomic mass is 19.1. The number of nitrogens with zero attached hydrogens (tertiary/aromatic N) is 1. The Morgan fingerprint density at radius 1 is 1.16 bits per heavy atom. The maximum atomic E-state index is 14.0. The number of carbonyl (C=O) groups is 2. The van der Waals surface area contributed by atoms with Crippen LogP contribution < -0.4 is 5.32 Å². The zero-order chi connectivity index (χ0) is 18.2. The third-order valence-corrected chi connectivity index (χ3v) is 4.23. The molecule has 2 aromatic rings. The molecule has 130 valence electrons. The first-order valence-corrected chi connectivity index (χ1v) is 8.22. The van der Waals surface area contributed by atoms with Gasteiger partial charge in [0.15, 0.2) is 0 Å². The molecule has 2 amide bonds. The normalized spacial score (nSPS) is 17.5. The van der Waals surface area contributed by atoms with E-state index in [2.05, 4.69) is 5.32 Å². The zero-order valence-corrected chi connectivity index (χ0v) is 14.5. The summed E-state index contributed by atoms with van der Waals surface area (Å²) in [5, 5.41) is 2.79. The molecule has 0 aliphatic carbocycles. The first-order valence-electron chi connectivity index (χ1n) is 8.22. The van der Waals surface area contributed by atoms with Crippen molar-refractivity contribution in [2.24, 2.45) is 5.41 Å². The minimum absolute atomic E-state index is 0.0774. The Morgan fingerprint density at radius 3 is 2.48 bits per heavy atom. The van der Waals surface area contributed by atoms with Crippen LogP contribution in [0.15, 0.2) is 48.5 Å². The zero-order valence-electron chi connectivity index (χ0n) is 14.5. The average molecular weight is 340 g/mol. The van der Waals surface area contributed by atoms with Gasteiger partial charge in [-0.15, -0.1) is 0 Å². The SMILES string of the molecule is CC(C)(C)C(=O)N1CC(=O)Nc2ccc(F)cc2C1c1ccccc1. The van der Waals surface area contributed by atoms with Gasteiger partial charge < -0.3 is 10.2 Å². The highest BCUT2D eigenvalue weighted by molar-refractivity contribution is 5.97. The van der Waals surface area contributed by atoms with Crippen LogP contribution in [-0.2, 0) is 9.59 Å². The second-order valence-electron chi connectivity index (χ2n) is 7.28. The second kappa shape index (κ2) is 6.31. The van der Waals surface area contributed by atoms with Crippen LogP contribution >= 0.6 is 0 Å². The van der Waals surface area contributed by atoms with Crippen LogP contribution in [0.3, 0.4) is 0 Å². The summed E-state index contributed by atoms with van der Waals surface area (Å²) < 4.78 is 14.0. The summed E-state index contributed by atoms with van der Waals surface area (Å²) in [7, 11) is 0. The molecule has 1 aliphatic rings. The van der Waals surface area contributed by atoms with Crippen molar-refractivity contribution in [2.45, 2.75) is 26.8 Å². The highest BCUT2D eigenvalue weighted by Crippen LogP contribution is 2.38. The molecular formula is C20H21FN2O2. The lowest BCUT2D eigenvalue weighted by atomic mass is 9.90. The fraction of sp³-hybridized carbons (Fsp3) is 0.300. The Bertz CT molecular complexity index is 812. The predicted octanol–water partition coefficient (Wildman–Crippen LogP) is 3.74. The van der Waals surface area contributed by atoms with Crippen molar-refractivity contribution in [1.29, 1.82) is 0 Å². The van der Waals surface area contributed by atoms with Crippen molar-refractivity contribution in [1.82, 2.24) is 4.90 Å². The summed E-state index contributed by atoms with van der Waals surface area (Å²) in [5.74, 6) is -0.850.